The van der Waals surface area contributed by atoms with E-state index in [9.17, 15) is 0 Å². The maximum Gasteiger partial charge on any atom is 0.104 e. The van der Waals surface area contributed by atoms with Gasteiger partial charge in [0, 0.05) is 13.1 Å². The van der Waals surface area contributed by atoms with Gasteiger partial charge in [0.1, 0.15) is 11.7 Å². The third-order valence-electron chi connectivity index (χ3n) is 10.4. The summed E-state index contributed by atoms with van der Waals surface area (Å²) in [4.78, 5) is 9.66. The lowest BCUT2D eigenvalue weighted by Gasteiger charge is -2.54. The van der Waals surface area contributed by atoms with E-state index < -0.39 is 0 Å². The van der Waals surface area contributed by atoms with Crippen LogP contribution < -0.4 is 11.5 Å². The Balaban J connectivity index is 0.00000216. The summed E-state index contributed by atoms with van der Waals surface area (Å²) in [6.45, 7) is 1.94. The Bertz CT molecular complexity index is 621. The van der Waals surface area contributed by atoms with Crippen LogP contribution in [0, 0.1) is 59.2 Å². The summed E-state index contributed by atoms with van der Waals surface area (Å²) in [5.41, 5.74) is 12.6. The minimum atomic E-state index is 0. The fourth-order valence-corrected chi connectivity index (χ4v) is 10.2. The Morgan fingerprint density at radius 3 is 1.19 bits per heavy atom. The molecule has 0 saturated heterocycles. The van der Waals surface area contributed by atoms with Gasteiger partial charge < -0.3 is 11.5 Å². The standard InChI is InChI=1S/C26H42N4S.ClH/c27-25(29-11-23-19-3-15-1-16(5-19)6-20(23)4-15)13-31-14-26(28)30-12-24-21-7-17-2-18(9-21)10-22(24)8-17;/h15-24H,1-14H2,(H2,27,29)(H2,28,30);1H. The van der Waals surface area contributed by atoms with Crippen LogP contribution >= 0.6 is 24.2 Å². The number of aliphatic imine (C=N–C) groups is 2. The molecule has 8 rings (SSSR count). The summed E-state index contributed by atoms with van der Waals surface area (Å²) in [5, 5.41) is 0. The molecule has 0 unspecified atom stereocenters. The molecule has 8 fully saturated rings. The monoisotopic (exact) mass is 478 g/mol. The molecular weight excluding hydrogens is 436 g/mol. The molecule has 32 heavy (non-hydrogen) atoms. The summed E-state index contributed by atoms with van der Waals surface area (Å²) < 4.78 is 0. The van der Waals surface area contributed by atoms with Gasteiger partial charge in [0.2, 0.25) is 0 Å². The molecule has 6 heteroatoms. The molecule has 0 aromatic rings. The average Bonchev–Trinajstić information content (AvgIpc) is 2.72. The normalized spacial score (nSPS) is 46.5. The van der Waals surface area contributed by atoms with Gasteiger partial charge in [0.15, 0.2) is 0 Å². The zero-order chi connectivity index (χ0) is 20.9. The van der Waals surface area contributed by atoms with Gasteiger partial charge in [0.25, 0.3) is 0 Å². The van der Waals surface area contributed by atoms with Gasteiger partial charge in [-0.15, -0.1) is 24.2 Å². The third kappa shape index (κ3) is 4.72. The van der Waals surface area contributed by atoms with Crippen molar-refractivity contribution in [3.8, 4) is 0 Å². The van der Waals surface area contributed by atoms with Crippen LogP contribution in [0.2, 0.25) is 0 Å². The number of nitrogens with zero attached hydrogens (tertiary/aromatic N) is 2. The van der Waals surface area contributed by atoms with Crippen molar-refractivity contribution in [1.82, 2.24) is 0 Å². The molecule has 8 aliphatic carbocycles. The Kier molecular flexibility index (Phi) is 7.06. The Morgan fingerprint density at radius 1 is 0.562 bits per heavy atom. The van der Waals surface area contributed by atoms with Crippen molar-refractivity contribution in [2.24, 2.45) is 80.6 Å². The van der Waals surface area contributed by atoms with Crippen LogP contribution in [0.3, 0.4) is 0 Å². The van der Waals surface area contributed by atoms with E-state index in [2.05, 4.69) is 0 Å². The maximum atomic E-state index is 6.28. The highest BCUT2D eigenvalue weighted by Gasteiger charge is 2.48. The first-order valence-electron chi connectivity index (χ1n) is 13.3. The van der Waals surface area contributed by atoms with Crippen LogP contribution in [-0.2, 0) is 0 Å². The van der Waals surface area contributed by atoms with Crippen LogP contribution in [0.15, 0.2) is 9.98 Å². The second-order valence-electron chi connectivity index (χ2n) is 12.3. The van der Waals surface area contributed by atoms with Crippen molar-refractivity contribution in [3.63, 3.8) is 0 Å². The molecule has 4 N–H and O–H groups in total. The lowest BCUT2D eigenvalue weighted by Crippen LogP contribution is -2.46. The minimum Gasteiger partial charge on any atom is -0.387 e. The van der Waals surface area contributed by atoms with Crippen LogP contribution in [0.25, 0.3) is 0 Å². The summed E-state index contributed by atoms with van der Waals surface area (Å²) in [6.07, 6.45) is 14.8. The molecule has 180 valence electrons. The molecule has 4 nitrogen and oxygen atoms in total. The van der Waals surface area contributed by atoms with Gasteiger partial charge in [-0.25, -0.2) is 0 Å². The number of halogens is 1. The average molecular weight is 479 g/mol. The molecule has 0 aliphatic heterocycles. The number of hydrogen-bond donors (Lipinski definition) is 2. The quantitative estimate of drug-likeness (QED) is 0.380. The van der Waals surface area contributed by atoms with E-state index in [1.165, 1.54) is 64.2 Å². The topological polar surface area (TPSA) is 76.8 Å². The number of thioether (sulfide) groups is 1. The summed E-state index contributed by atoms with van der Waals surface area (Å²) in [6, 6.07) is 0. The van der Waals surface area contributed by atoms with E-state index >= 15 is 0 Å². The molecule has 8 saturated carbocycles. The van der Waals surface area contributed by atoms with Crippen molar-refractivity contribution in [3.05, 3.63) is 0 Å². The van der Waals surface area contributed by atoms with Crippen LogP contribution in [0.4, 0.5) is 0 Å². The summed E-state index contributed by atoms with van der Waals surface area (Å²) in [5.74, 6) is 12.7. The lowest BCUT2D eigenvalue weighted by molar-refractivity contribution is -0.0320. The first kappa shape index (κ1) is 23.3. The smallest absolute Gasteiger partial charge is 0.104 e. The molecule has 8 bridgehead atoms. The Labute approximate surface area is 205 Å². The van der Waals surface area contributed by atoms with Crippen molar-refractivity contribution >= 4 is 35.8 Å². The largest absolute Gasteiger partial charge is 0.387 e. The van der Waals surface area contributed by atoms with Gasteiger partial charge in [-0.1, -0.05) is 0 Å². The fraction of sp³-hybridized carbons (Fsp3) is 0.923. The van der Waals surface area contributed by atoms with Crippen molar-refractivity contribution < 1.29 is 0 Å². The molecule has 0 aromatic heterocycles. The van der Waals surface area contributed by atoms with Crippen LogP contribution in [-0.4, -0.2) is 36.3 Å². The predicted octanol–water partition coefficient (Wildman–Crippen LogP) is 5.00. The molecule has 8 aliphatic rings. The van der Waals surface area contributed by atoms with E-state index in [0.717, 1.165) is 95.4 Å². The zero-order valence-corrected chi connectivity index (χ0v) is 21.2. The van der Waals surface area contributed by atoms with Gasteiger partial charge in [-0.3, -0.25) is 9.98 Å². The van der Waals surface area contributed by atoms with E-state index in [1.54, 1.807) is 11.8 Å². The first-order chi connectivity index (χ1) is 15.1. The van der Waals surface area contributed by atoms with Crippen LogP contribution in [0.5, 0.6) is 0 Å². The Morgan fingerprint density at radius 2 is 0.875 bits per heavy atom. The summed E-state index contributed by atoms with van der Waals surface area (Å²) >= 11 is 1.79. The molecule has 0 radical (unpaired) electrons. The van der Waals surface area contributed by atoms with Crippen LogP contribution in [0.1, 0.15) is 64.2 Å². The molecule has 0 aromatic carbocycles. The third-order valence-corrected chi connectivity index (χ3v) is 11.4. The Hall–Kier alpha value is -0.420. The molecule has 0 heterocycles. The number of hydrogen-bond acceptors (Lipinski definition) is 3. The fourth-order valence-electron chi connectivity index (χ4n) is 9.47. The molecular formula is C26H43ClN4S. The highest BCUT2D eigenvalue weighted by molar-refractivity contribution is 8.00. The maximum absolute atomic E-state index is 6.28. The van der Waals surface area contributed by atoms with Gasteiger partial charge in [-0.05, 0) is 123 Å². The van der Waals surface area contributed by atoms with Crippen molar-refractivity contribution in [2.45, 2.75) is 64.2 Å². The first-order valence-corrected chi connectivity index (χ1v) is 14.4. The van der Waals surface area contributed by atoms with E-state index in [1.807, 2.05) is 0 Å². The molecule has 0 spiro atoms. The SMILES string of the molecule is Cl.NC(CSCC(N)=NCC1C2CC3CC(C2)CC1C3)=NCC1C2CC3CC(C2)CC1C3. The highest BCUT2D eigenvalue weighted by Crippen LogP contribution is 2.57. The lowest BCUT2D eigenvalue weighted by atomic mass is 9.52. The molecule has 0 amide bonds. The van der Waals surface area contributed by atoms with Crippen molar-refractivity contribution in [1.29, 1.82) is 0 Å². The number of rotatable bonds is 8. The van der Waals surface area contributed by atoms with Crippen molar-refractivity contribution in [2.75, 3.05) is 24.6 Å². The van der Waals surface area contributed by atoms with Gasteiger partial charge in [-0.2, -0.15) is 0 Å². The van der Waals surface area contributed by atoms with E-state index in [0.29, 0.717) is 0 Å². The van der Waals surface area contributed by atoms with E-state index in [-0.39, 0.29) is 12.4 Å². The second kappa shape index (κ2) is 9.68. The summed E-state index contributed by atoms with van der Waals surface area (Å²) in [7, 11) is 0. The predicted molar refractivity (Wildman–Crippen MR) is 139 cm³/mol. The molecule has 0 atom stereocenters. The van der Waals surface area contributed by atoms with Gasteiger partial charge in [0.05, 0.1) is 11.5 Å². The number of nitrogens with two attached hydrogens (primary N) is 2. The second-order valence-corrected chi connectivity index (χ2v) is 13.3. The minimum absolute atomic E-state index is 0. The van der Waals surface area contributed by atoms with E-state index in [4.69, 9.17) is 21.5 Å². The highest BCUT2D eigenvalue weighted by atomic mass is 35.5. The van der Waals surface area contributed by atoms with Gasteiger partial charge >= 0.3 is 0 Å². The zero-order valence-electron chi connectivity index (χ0n) is 19.5. The number of amidine groups is 2.